The molecule has 0 saturated heterocycles. The van der Waals surface area contributed by atoms with E-state index in [1.54, 1.807) is 53.5 Å². The molecule has 1 unspecified atom stereocenters. The number of rotatable bonds is 13. The van der Waals surface area contributed by atoms with E-state index in [0.29, 0.717) is 34.1 Å². The molecule has 0 saturated carbocycles. The highest BCUT2D eigenvalue weighted by Crippen LogP contribution is 2.36. The third-order valence-electron chi connectivity index (χ3n) is 6.33. The summed E-state index contributed by atoms with van der Waals surface area (Å²) in [6, 6.07) is 14.0. The SMILES string of the molecule is COc1cc(C(=O)CCC(O)(Cn2cccn2)c2ccc(OC)c(-c3ccc(F)c(Cl)c3)n2)ccc1OCCO. The fourth-order valence-corrected chi connectivity index (χ4v) is 4.43. The van der Waals surface area contributed by atoms with Crippen molar-refractivity contribution in [1.29, 1.82) is 0 Å². The predicted octanol–water partition coefficient (Wildman–Crippen LogP) is 4.68. The zero-order valence-electron chi connectivity index (χ0n) is 22.0. The van der Waals surface area contributed by atoms with Crippen molar-refractivity contribution < 1.29 is 33.6 Å². The number of aromatic nitrogens is 3. The van der Waals surface area contributed by atoms with Crippen molar-refractivity contribution in [3.05, 3.63) is 89.1 Å². The van der Waals surface area contributed by atoms with Gasteiger partial charge in [0.25, 0.3) is 0 Å². The molecule has 0 fully saturated rings. The summed E-state index contributed by atoms with van der Waals surface area (Å²) in [5.41, 5.74) is -0.106. The van der Waals surface area contributed by atoms with E-state index in [1.165, 1.54) is 32.4 Å². The Hall–Kier alpha value is -3.99. The summed E-state index contributed by atoms with van der Waals surface area (Å²) in [5, 5.41) is 25.1. The van der Waals surface area contributed by atoms with Gasteiger partial charge in [0.15, 0.2) is 17.3 Å². The van der Waals surface area contributed by atoms with Crippen LogP contribution in [0.25, 0.3) is 11.3 Å². The molecule has 0 aliphatic carbocycles. The molecule has 2 aromatic heterocycles. The highest BCUT2D eigenvalue weighted by molar-refractivity contribution is 6.31. The average molecular weight is 570 g/mol. The lowest BCUT2D eigenvalue weighted by atomic mass is 9.90. The van der Waals surface area contributed by atoms with Gasteiger partial charge < -0.3 is 24.4 Å². The van der Waals surface area contributed by atoms with Gasteiger partial charge in [-0.2, -0.15) is 5.10 Å². The molecule has 2 aromatic carbocycles. The van der Waals surface area contributed by atoms with Crippen LogP contribution in [0.4, 0.5) is 4.39 Å². The van der Waals surface area contributed by atoms with Crippen LogP contribution in [0.3, 0.4) is 0 Å². The Kier molecular flexibility index (Phi) is 9.36. The van der Waals surface area contributed by atoms with Gasteiger partial charge in [-0.15, -0.1) is 0 Å². The first kappa shape index (κ1) is 29.0. The summed E-state index contributed by atoms with van der Waals surface area (Å²) in [5.74, 6) is 0.355. The quantitative estimate of drug-likeness (QED) is 0.223. The lowest BCUT2D eigenvalue weighted by Crippen LogP contribution is -2.33. The maximum Gasteiger partial charge on any atom is 0.163 e. The van der Waals surface area contributed by atoms with Gasteiger partial charge in [0.05, 0.1) is 38.1 Å². The third-order valence-corrected chi connectivity index (χ3v) is 6.62. The number of ketones is 1. The third kappa shape index (κ3) is 6.59. The van der Waals surface area contributed by atoms with E-state index in [2.05, 4.69) is 10.1 Å². The van der Waals surface area contributed by atoms with E-state index in [0.717, 1.165) is 0 Å². The molecule has 11 heteroatoms. The number of carbonyl (C=O) groups excluding carboxylic acids is 1. The standard InChI is InChI=1S/C29H29ClFN3O6/c1-38-25-8-9-27(33-28(25)20-4-6-22(31)21(30)16-20)29(37,18-34-13-3-12-32-34)11-10-23(36)19-5-7-24(40-15-14-35)26(17-19)39-2/h3-9,12-13,16-17,35,37H,10-11,14-15,18H2,1-2H3. The molecular formula is C29H29ClFN3O6. The van der Waals surface area contributed by atoms with Crippen LogP contribution in [0.15, 0.2) is 67.0 Å². The highest BCUT2D eigenvalue weighted by atomic mass is 35.5. The Morgan fingerprint density at radius 1 is 1.07 bits per heavy atom. The summed E-state index contributed by atoms with van der Waals surface area (Å²) in [6.45, 7) is -0.0491. The molecule has 0 aliphatic heterocycles. The number of halogens is 2. The summed E-state index contributed by atoms with van der Waals surface area (Å²) in [6.07, 6.45) is 3.28. The second-order valence-corrected chi connectivity index (χ2v) is 9.38. The Labute approximate surface area is 235 Å². The minimum Gasteiger partial charge on any atom is -0.494 e. The van der Waals surface area contributed by atoms with Crippen LogP contribution >= 0.6 is 11.6 Å². The number of aliphatic hydroxyl groups is 2. The molecule has 0 radical (unpaired) electrons. The van der Waals surface area contributed by atoms with Gasteiger partial charge in [0, 0.05) is 29.9 Å². The molecule has 0 aliphatic rings. The van der Waals surface area contributed by atoms with Crippen LogP contribution in [0.5, 0.6) is 17.2 Å². The Morgan fingerprint density at radius 2 is 1.85 bits per heavy atom. The molecule has 2 N–H and O–H groups in total. The summed E-state index contributed by atoms with van der Waals surface area (Å²) < 4.78 is 31.6. The first-order chi connectivity index (χ1) is 19.3. The van der Waals surface area contributed by atoms with Crippen LogP contribution in [-0.4, -0.2) is 58.2 Å². The Morgan fingerprint density at radius 3 is 2.52 bits per heavy atom. The van der Waals surface area contributed by atoms with E-state index >= 15 is 0 Å². The topological polar surface area (TPSA) is 116 Å². The van der Waals surface area contributed by atoms with Gasteiger partial charge in [0.2, 0.25) is 0 Å². The smallest absolute Gasteiger partial charge is 0.163 e. The number of pyridine rings is 1. The van der Waals surface area contributed by atoms with Crippen molar-refractivity contribution in [2.75, 3.05) is 27.4 Å². The lowest BCUT2D eigenvalue weighted by molar-refractivity contribution is 0.00113. The lowest BCUT2D eigenvalue weighted by Gasteiger charge is -2.28. The number of benzene rings is 2. The van der Waals surface area contributed by atoms with Gasteiger partial charge in [0.1, 0.15) is 29.5 Å². The van der Waals surface area contributed by atoms with Crippen LogP contribution in [0.1, 0.15) is 28.9 Å². The predicted molar refractivity (Wildman–Crippen MR) is 146 cm³/mol. The van der Waals surface area contributed by atoms with Crippen molar-refractivity contribution in [2.45, 2.75) is 25.0 Å². The van der Waals surface area contributed by atoms with E-state index in [4.69, 9.17) is 30.9 Å². The molecule has 0 amide bonds. The maximum atomic E-state index is 13.8. The first-order valence-corrected chi connectivity index (χ1v) is 12.8. The largest absolute Gasteiger partial charge is 0.494 e. The molecule has 4 rings (SSSR count). The summed E-state index contributed by atoms with van der Waals surface area (Å²) >= 11 is 6.01. The highest BCUT2D eigenvalue weighted by Gasteiger charge is 2.34. The fraction of sp³-hybridized carbons (Fsp3) is 0.276. The second-order valence-electron chi connectivity index (χ2n) is 8.97. The molecule has 1 atom stereocenters. The number of hydrogen-bond acceptors (Lipinski definition) is 8. The molecule has 0 bridgehead atoms. The van der Waals surface area contributed by atoms with Crippen LogP contribution < -0.4 is 14.2 Å². The first-order valence-electron chi connectivity index (χ1n) is 12.4. The number of Topliss-reactive ketones (excluding diaryl/α,β-unsaturated/α-hetero) is 1. The average Bonchev–Trinajstić information content (AvgIpc) is 3.48. The Balaban J connectivity index is 1.65. The molecule has 210 valence electrons. The normalized spacial score (nSPS) is 12.6. The molecule has 9 nitrogen and oxygen atoms in total. The number of aliphatic hydroxyl groups excluding tert-OH is 1. The van der Waals surface area contributed by atoms with E-state index in [-0.39, 0.29) is 49.1 Å². The summed E-state index contributed by atoms with van der Waals surface area (Å²) in [7, 11) is 2.94. The number of hydrogen-bond donors (Lipinski definition) is 2. The number of carbonyl (C=O) groups is 1. The Bertz CT molecular complexity index is 1470. The van der Waals surface area contributed by atoms with Crippen molar-refractivity contribution in [3.8, 4) is 28.5 Å². The zero-order valence-corrected chi connectivity index (χ0v) is 22.8. The molecule has 4 aromatic rings. The number of methoxy groups -OCH3 is 2. The fourth-order valence-electron chi connectivity index (χ4n) is 4.25. The van der Waals surface area contributed by atoms with Crippen molar-refractivity contribution in [1.82, 2.24) is 14.8 Å². The van der Waals surface area contributed by atoms with Gasteiger partial charge >= 0.3 is 0 Å². The van der Waals surface area contributed by atoms with Crippen molar-refractivity contribution >= 4 is 17.4 Å². The van der Waals surface area contributed by atoms with Crippen molar-refractivity contribution in [2.24, 2.45) is 0 Å². The van der Waals surface area contributed by atoms with Crippen LogP contribution in [0, 0.1) is 5.82 Å². The number of ether oxygens (including phenoxy) is 3. The minimum atomic E-state index is -1.61. The van der Waals surface area contributed by atoms with Gasteiger partial charge in [-0.3, -0.25) is 9.48 Å². The van der Waals surface area contributed by atoms with Crippen LogP contribution in [0.2, 0.25) is 5.02 Å². The molecule has 2 heterocycles. The van der Waals surface area contributed by atoms with Gasteiger partial charge in [-0.05, 0) is 61.0 Å². The van der Waals surface area contributed by atoms with Crippen molar-refractivity contribution in [3.63, 3.8) is 0 Å². The van der Waals surface area contributed by atoms with E-state index in [1.807, 2.05) is 0 Å². The maximum absolute atomic E-state index is 13.8. The molecular weight excluding hydrogens is 541 g/mol. The monoisotopic (exact) mass is 569 g/mol. The van der Waals surface area contributed by atoms with E-state index < -0.39 is 11.4 Å². The molecule has 40 heavy (non-hydrogen) atoms. The van der Waals surface area contributed by atoms with Crippen LogP contribution in [-0.2, 0) is 12.1 Å². The zero-order chi connectivity index (χ0) is 28.7. The number of nitrogens with zero attached hydrogens (tertiary/aromatic N) is 3. The van der Waals surface area contributed by atoms with Gasteiger partial charge in [-0.1, -0.05) is 11.6 Å². The summed E-state index contributed by atoms with van der Waals surface area (Å²) in [4.78, 5) is 17.9. The van der Waals surface area contributed by atoms with Gasteiger partial charge in [-0.25, -0.2) is 9.37 Å². The van der Waals surface area contributed by atoms with E-state index in [9.17, 15) is 14.3 Å². The minimum absolute atomic E-state index is 0.0136. The second kappa shape index (κ2) is 12.9. The molecule has 0 spiro atoms.